The molecule has 1 saturated carbocycles. The maximum Gasteiger partial charge on any atom is 0.110 e. The van der Waals surface area contributed by atoms with E-state index in [0.717, 1.165) is 30.6 Å². The fourth-order valence-corrected chi connectivity index (χ4v) is 2.75. The van der Waals surface area contributed by atoms with Crippen molar-refractivity contribution in [3.05, 3.63) is 29.6 Å². The monoisotopic (exact) mass is 229 g/mol. The van der Waals surface area contributed by atoms with Crippen molar-refractivity contribution >= 4 is 11.0 Å². The summed E-state index contributed by atoms with van der Waals surface area (Å²) in [6.45, 7) is 2.18. The zero-order valence-corrected chi connectivity index (χ0v) is 10.2. The van der Waals surface area contributed by atoms with Crippen molar-refractivity contribution < 1.29 is 0 Å². The molecule has 90 valence electrons. The summed E-state index contributed by atoms with van der Waals surface area (Å²) in [5, 5.41) is 0. The first-order valence-electron chi connectivity index (χ1n) is 6.50. The third kappa shape index (κ3) is 1.95. The van der Waals surface area contributed by atoms with Gasteiger partial charge in [0.05, 0.1) is 11.0 Å². The molecule has 0 aliphatic heterocycles. The van der Waals surface area contributed by atoms with Gasteiger partial charge in [-0.1, -0.05) is 13.0 Å². The number of hydrogen-bond acceptors (Lipinski definition) is 2. The minimum atomic E-state index is 0.361. The van der Waals surface area contributed by atoms with E-state index in [9.17, 15) is 0 Å². The second-order valence-corrected chi connectivity index (χ2v) is 5.10. The lowest BCUT2D eigenvalue weighted by molar-refractivity contribution is 0.651. The number of nitrogens with one attached hydrogen (secondary N) is 1. The fourth-order valence-electron chi connectivity index (χ4n) is 2.75. The molecule has 0 bridgehead atoms. The Morgan fingerprint density at radius 3 is 3.00 bits per heavy atom. The summed E-state index contributed by atoms with van der Waals surface area (Å²) in [6.07, 6.45) is 4.43. The second kappa shape index (κ2) is 4.15. The van der Waals surface area contributed by atoms with Crippen molar-refractivity contribution in [3.63, 3.8) is 0 Å². The molecule has 1 aliphatic rings. The highest BCUT2D eigenvalue weighted by Gasteiger charge is 2.25. The van der Waals surface area contributed by atoms with Crippen LogP contribution in [0.5, 0.6) is 0 Å². The topological polar surface area (TPSA) is 54.7 Å². The normalized spacial score (nSPS) is 24.6. The number of H-pyrrole nitrogens is 1. The first kappa shape index (κ1) is 10.8. The maximum atomic E-state index is 5.96. The van der Waals surface area contributed by atoms with Crippen LogP contribution in [0.4, 0.5) is 0 Å². The van der Waals surface area contributed by atoms with Crippen molar-refractivity contribution in [2.24, 2.45) is 5.73 Å². The lowest BCUT2D eigenvalue weighted by Crippen LogP contribution is -2.14. The van der Waals surface area contributed by atoms with Crippen molar-refractivity contribution in [3.8, 4) is 0 Å². The minimum Gasteiger partial charge on any atom is -0.342 e. The van der Waals surface area contributed by atoms with Crippen LogP contribution in [0.2, 0.25) is 0 Å². The van der Waals surface area contributed by atoms with Crippen LogP contribution in [0.3, 0.4) is 0 Å². The van der Waals surface area contributed by atoms with Gasteiger partial charge in [-0.15, -0.1) is 0 Å². The van der Waals surface area contributed by atoms with E-state index in [1.54, 1.807) is 0 Å². The highest BCUT2D eigenvalue weighted by atomic mass is 14.9. The highest BCUT2D eigenvalue weighted by Crippen LogP contribution is 2.32. The Hall–Kier alpha value is -1.35. The molecule has 3 N–H and O–H groups in total. The highest BCUT2D eigenvalue weighted by molar-refractivity contribution is 5.76. The Kier molecular flexibility index (Phi) is 2.63. The predicted molar refractivity (Wildman–Crippen MR) is 70.0 cm³/mol. The Morgan fingerprint density at radius 1 is 1.41 bits per heavy atom. The molecule has 0 amide bonds. The van der Waals surface area contributed by atoms with Crippen molar-refractivity contribution in [2.75, 3.05) is 0 Å². The van der Waals surface area contributed by atoms with Gasteiger partial charge in [-0.3, -0.25) is 0 Å². The largest absolute Gasteiger partial charge is 0.342 e. The van der Waals surface area contributed by atoms with Crippen LogP contribution in [0.15, 0.2) is 18.2 Å². The Labute approximate surface area is 101 Å². The molecule has 3 rings (SSSR count). The first-order chi connectivity index (χ1) is 8.26. The molecule has 17 heavy (non-hydrogen) atoms. The quantitative estimate of drug-likeness (QED) is 0.832. The van der Waals surface area contributed by atoms with E-state index in [2.05, 4.69) is 30.1 Å². The van der Waals surface area contributed by atoms with Crippen molar-refractivity contribution in [1.82, 2.24) is 9.97 Å². The number of rotatable bonds is 2. The van der Waals surface area contributed by atoms with Crippen LogP contribution in [0.25, 0.3) is 11.0 Å². The standard InChI is InChI=1S/C14H19N3/c1-2-9-3-6-12-13(7-9)17-14(16-12)10-4-5-11(15)8-10/h3,6-7,10-11H,2,4-5,8,15H2,1H3,(H,16,17)/t10-,11+/m1/s1. The fraction of sp³-hybridized carbons (Fsp3) is 0.500. The maximum absolute atomic E-state index is 5.96. The predicted octanol–water partition coefficient (Wildman–Crippen LogP) is 2.72. The molecule has 1 heterocycles. The Bertz CT molecular complexity index is 529. The van der Waals surface area contributed by atoms with E-state index in [1.807, 2.05) is 0 Å². The van der Waals surface area contributed by atoms with Gasteiger partial charge in [0.2, 0.25) is 0 Å². The van der Waals surface area contributed by atoms with Gasteiger partial charge in [-0.25, -0.2) is 4.98 Å². The van der Waals surface area contributed by atoms with Gasteiger partial charge in [0.25, 0.3) is 0 Å². The lowest BCUT2D eigenvalue weighted by Gasteiger charge is -2.04. The van der Waals surface area contributed by atoms with Crippen LogP contribution in [-0.2, 0) is 6.42 Å². The molecule has 1 aromatic heterocycles. The molecule has 1 aliphatic carbocycles. The summed E-state index contributed by atoms with van der Waals surface area (Å²) in [5.41, 5.74) is 9.57. The molecule has 2 aromatic rings. The van der Waals surface area contributed by atoms with Gasteiger partial charge in [0, 0.05) is 12.0 Å². The van der Waals surface area contributed by atoms with Crippen LogP contribution in [-0.4, -0.2) is 16.0 Å². The van der Waals surface area contributed by atoms with Crippen molar-refractivity contribution in [2.45, 2.75) is 44.6 Å². The third-order valence-corrected chi connectivity index (χ3v) is 3.83. The van der Waals surface area contributed by atoms with Crippen molar-refractivity contribution in [1.29, 1.82) is 0 Å². The SMILES string of the molecule is CCc1ccc2nc([C@@H]3CC[C@H](N)C3)[nH]c2c1. The van der Waals surface area contributed by atoms with E-state index in [0.29, 0.717) is 12.0 Å². The van der Waals surface area contributed by atoms with Gasteiger partial charge in [-0.2, -0.15) is 0 Å². The molecule has 3 heteroatoms. The number of nitrogens with two attached hydrogens (primary N) is 1. The number of hydrogen-bond donors (Lipinski definition) is 2. The number of aromatic amines is 1. The number of aryl methyl sites for hydroxylation is 1. The molecule has 0 radical (unpaired) electrons. The number of fused-ring (bicyclic) bond motifs is 1. The van der Waals surface area contributed by atoms with Gasteiger partial charge >= 0.3 is 0 Å². The minimum absolute atomic E-state index is 0.361. The summed E-state index contributed by atoms with van der Waals surface area (Å²) in [4.78, 5) is 8.16. The van der Waals surface area contributed by atoms with E-state index in [4.69, 9.17) is 10.7 Å². The summed E-state index contributed by atoms with van der Waals surface area (Å²) < 4.78 is 0. The second-order valence-electron chi connectivity index (χ2n) is 5.10. The molecular formula is C14H19N3. The smallest absolute Gasteiger partial charge is 0.110 e. The average molecular weight is 229 g/mol. The number of benzene rings is 1. The zero-order chi connectivity index (χ0) is 11.8. The van der Waals surface area contributed by atoms with Crippen LogP contribution in [0.1, 0.15) is 43.5 Å². The van der Waals surface area contributed by atoms with E-state index < -0.39 is 0 Å². The molecule has 2 atom stereocenters. The molecule has 3 nitrogen and oxygen atoms in total. The first-order valence-corrected chi connectivity index (χ1v) is 6.50. The summed E-state index contributed by atoms with van der Waals surface area (Å²) >= 11 is 0. The molecule has 0 spiro atoms. The zero-order valence-electron chi connectivity index (χ0n) is 10.2. The average Bonchev–Trinajstić information content (AvgIpc) is 2.93. The van der Waals surface area contributed by atoms with Gasteiger partial charge in [0.15, 0.2) is 0 Å². The molecule has 1 fully saturated rings. The number of imidazole rings is 1. The van der Waals surface area contributed by atoms with Gasteiger partial charge < -0.3 is 10.7 Å². The van der Waals surface area contributed by atoms with E-state index in [1.165, 1.54) is 17.5 Å². The van der Waals surface area contributed by atoms with E-state index in [-0.39, 0.29) is 0 Å². The van der Waals surface area contributed by atoms with Crippen LogP contribution >= 0.6 is 0 Å². The van der Waals surface area contributed by atoms with Crippen LogP contribution in [0, 0.1) is 0 Å². The molecule has 1 aromatic carbocycles. The summed E-state index contributed by atoms with van der Waals surface area (Å²) in [6, 6.07) is 6.84. The number of nitrogens with zero attached hydrogens (tertiary/aromatic N) is 1. The lowest BCUT2D eigenvalue weighted by atomic mass is 10.1. The summed E-state index contributed by atoms with van der Waals surface area (Å²) in [5.74, 6) is 1.66. The Morgan fingerprint density at radius 2 is 2.29 bits per heavy atom. The number of aromatic nitrogens is 2. The van der Waals surface area contributed by atoms with Gasteiger partial charge in [0.1, 0.15) is 5.82 Å². The summed E-state index contributed by atoms with van der Waals surface area (Å²) in [7, 11) is 0. The van der Waals surface area contributed by atoms with Crippen LogP contribution < -0.4 is 5.73 Å². The third-order valence-electron chi connectivity index (χ3n) is 3.83. The molecule has 0 unspecified atom stereocenters. The van der Waals surface area contributed by atoms with E-state index >= 15 is 0 Å². The van der Waals surface area contributed by atoms with Gasteiger partial charge in [-0.05, 0) is 43.4 Å². The molecule has 0 saturated heterocycles. The molecular weight excluding hydrogens is 210 g/mol. The Balaban J connectivity index is 1.96.